The second-order valence-electron chi connectivity index (χ2n) is 7.56. The first kappa shape index (κ1) is 18.0. The van der Waals surface area contributed by atoms with E-state index in [0.29, 0.717) is 36.8 Å². The van der Waals surface area contributed by atoms with Crippen molar-refractivity contribution in [3.8, 4) is 23.0 Å². The smallest absolute Gasteiger partial charge is 0.232 e. The number of hydrogen-bond acceptors (Lipinski definition) is 7. The molecule has 3 aliphatic rings. The molecule has 0 amide bonds. The Morgan fingerprint density at radius 2 is 1.90 bits per heavy atom. The number of aromatic nitrogens is 1. The number of fused-ring (bicyclic) bond motifs is 4. The van der Waals surface area contributed by atoms with Crippen LogP contribution in [0.2, 0.25) is 0 Å². The van der Waals surface area contributed by atoms with Gasteiger partial charge in [-0.2, -0.15) is 0 Å². The minimum absolute atomic E-state index is 0.142. The second-order valence-corrected chi connectivity index (χ2v) is 7.56. The van der Waals surface area contributed by atoms with Gasteiger partial charge in [-0.1, -0.05) is 12.1 Å². The molecule has 0 saturated carbocycles. The third-order valence-corrected chi connectivity index (χ3v) is 5.49. The fourth-order valence-corrected chi connectivity index (χ4v) is 4.00. The molecule has 0 unspecified atom stereocenters. The highest BCUT2D eigenvalue weighted by atomic mass is 16.7. The number of ketones is 1. The van der Waals surface area contributed by atoms with Crippen LogP contribution in [0, 0.1) is 0 Å². The van der Waals surface area contributed by atoms with E-state index in [1.54, 1.807) is 18.3 Å². The summed E-state index contributed by atoms with van der Waals surface area (Å²) in [4.78, 5) is 19.3. The molecule has 2 aromatic carbocycles. The molecule has 0 bridgehead atoms. The van der Waals surface area contributed by atoms with E-state index in [2.05, 4.69) is 9.88 Å². The van der Waals surface area contributed by atoms with Crippen LogP contribution in [-0.2, 0) is 13.1 Å². The summed E-state index contributed by atoms with van der Waals surface area (Å²) in [6.45, 7) is 1.98. The minimum Gasteiger partial charge on any atom is -0.478 e. The maximum Gasteiger partial charge on any atom is 0.232 e. The highest BCUT2D eigenvalue weighted by Crippen LogP contribution is 2.42. The van der Waals surface area contributed by atoms with Crippen molar-refractivity contribution in [3.05, 3.63) is 82.9 Å². The van der Waals surface area contributed by atoms with Gasteiger partial charge in [0, 0.05) is 25.4 Å². The van der Waals surface area contributed by atoms with E-state index in [-0.39, 0.29) is 18.3 Å². The molecule has 7 nitrogen and oxygen atoms in total. The number of nitrogens with zero attached hydrogens (tertiary/aromatic N) is 2. The van der Waals surface area contributed by atoms with Crippen molar-refractivity contribution in [2.24, 2.45) is 0 Å². The number of benzene rings is 2. The van der Waals surface area contributed by atoms with E-state index in [9.17, 15) is 4.79 Å². The molecule has 3 aliphatic heterocycles. The fraction of sp³-hybridized carbons (Fsp3) is 0.167. The number of ether oxygens (including phenoxy) is 4. The van der Waals surface area contributed by atoms with Crippen LogP contribution in [0.1, 0.15) is 27.2 Å². The summed E-state index contributed by atoms with van der Waals surface area (Å²) < 4.78 is 22.8. The lowest BCUT2D eigenvalue weighted by molar-refractivity contribution is 0.0872. The quantitative estimate of drug-likeness (QED) is 0.604. The highest BCUT2D eigenvalue weighted by molar-refractivity contribution is 6.14. The Kier molecular flexibility index (Phi) is 4.14. The third kappa shape index (κ3) is 3.19. The van der Waals surface area contributed by atoms with Crippen LogP contribution >= 0.6 is 0 Å². The molecular formula is C24H18N2O5. The number of carbonyl (C=O) groups excluding carboxylic acids is 1. The Morgan fingerprint density at radius 1 is 1.00 bits per heavy atom. The van der Waals surface area contributed by atoms with Crippen LogP contribution in [0.25, 0.3) is 6.08 Å². The molecule has 0 saturated heterocycles. The van der Waals surface area contributed by atoms with Crippen molar-refractivity contribution in [2.45, 2.75) is 13.1 Å². The average Bonchev–Trinajstić information content (AvgIpc) is 3.39. The van der Waals surface area contributed by atoms with Gasteiger partial charge in [-0.05, 0) is 42.0 Å². The van der Waals surface area contributed by atoms with Crippen molar-refractivity contribution in [2.75, 3.05) is 13.5 Å². The van der Waals surface area contributed by atoms with Crippen LogP contribution in [-0.4, -0.2) is 29.2 Å². The first-order valence-corrected chi connectivity index (χ1v) is 9.99. The average molecular weight is 414 g/mol. The normalized spacial score (nSPS) is 17.8. The van der Waals surface area contributed by atoms with E-state index in [0.717, 1.165) is 28.4 Å². The number of Topliss-reactive ketones (excluding diaryl/α,β-unsaturated/α-hetero) is 1. The number of hydrogen-bond donors (Lipinski definition) is 0. The standard InChI is InChI=1S/C24H18N2O5/c27-23-17-5-7-19-18(24(17)31-22(23)10-16-3-1-2-8-25-16)12-26(13-28-19)11-15-4-6-20-21(9-15)30-14-29-20/h1-10H,11-14H2/b22-10-. The predicted molar refractivity (Wildman–Crippen MR) is 111 cm³/mol. The number of allylic oxidation sites excluding steroid dienone is 1. The second kappa shape index (κ2) is 7.14. The molecule has 0 N–H and O–H groups in total. The summed E-state index contributed by atoms with van der Waals surface area (Å²) in [5, 5.41) is 0. The number of rotatable bonds is 3. The van der Waals surface area contributed by atoms with Gasteiger partial charge in [0.25, 0.3) is 0 Å². The van der Waals surface area contributed by atoms with Gasteiger partial charge in [-0.3, -0.25) is 14.7 Å². The molecule has 0 spiro atoms. The summed E-state index contributed by atoms with van der Waals surface area (Å²) in [6.07, 6.45) is 3.35. The van der Waals surface area contributed by atoms with Crippen molar-refractivity contribution in [1.82, 2.24) is 9.88 Å². The fourth-order valence-electron chi connectivity index (χ4n) is 4.00. The van der Waals surface area contributed by atoms with Crippen LogP contribution in [0.5, 0.6) is 23.0 Å². The zero-order chi connectivity index (χ0) is 20.8. The molecule has 154 valence electrons. The van der Waals surface area contributed by atoms with E-state index in [4.69, 9.17) is 18.9 Å². The maximum absolute atomic E-state index is 12.9. The summed E-state index contributed by atoms with van der Waals surface area (Å²) in [7, 11) is 0. The Balaban J connectivity index is 1.26. The van der Waals surface area contributed by atoms with Crippen LogP contribution < -0.4 is 18.9 Å². The van der Waals surface area contributed by atoms with Crippen LogP contribution in [0.3, 0.4) is 0 Å². The largest absolute Gasteiger partial charge is 0.478 e. The first-order valence-electron chi connectivity index (χ1n) is 9.99. The summed E-state index contributed by atoms with van der Waals surface area (Å²) in [6, 6.07) is 15.1. The van der Waals surface area contributed by atoms with Gasteiger partial charge in [0.1, 0.15) is 18.2 Å². The van der Waals surface area contributed by atoms with Crippen LogP contribution in [0.15, 0.2) is 60.5 Å². The van der Waals surface area contributed by atoms with Gasteiger partial charge in [-0.25, -0.2) is 0 Å². The zero-order valence-corrected chi connectivity index (χ0v) is 16.5. The SMILES string of the molecule is O=C1/C(=C/c2ccccn2)Oc2c1ccc1c2CN(Cc2ccc3c(c2)OCO3)CO1. The van der Waals surface area contributed by atoms with E-state index < -0.39 is 0 Å². The molecule has 3 aromatic rings. The topological polar surface area (TPSA) is 70.1 Å². The molecule has 6 rings (SSSR count). The van der Waals surface area contributed by atoms with Crippen LogP contribution in [0.4, 0.5) is 0 Å². The molecule has 0 atom stereocenters. The highest BCUT2D eigenvalue weighted by Gasteiger charge is 2.33. The Morgan fingerprint density at radius 3 is 2.81 bits per heavy atom. The first-order chi connectivity index (χ1) is 15.2. The van der Waals surface area contributed by atoms with E-state index >= 15 is 0 Å². The lowest BCUT2D eigenvalue weighted by Gasteiger charge is -2.29. The van der Waals surface area contributed by atoms with Gasteiger partial charge < -0.3 is 18.9 Å². The van der Waals surface area contributed by atoms with Gasteiger partial charge in [0.15, 0.2) is 17.3 Å². The molecule has 7 heteroatoms. The summed E-state index contributed by atoms with van der Waals surface area (Å²) in [5.41, 5.74) is 3.20. The Hall–Kier alpha value is -3.84. The predicted octanol–water partition coefficient (Wildman–Crippen LogP) is 3.78. The molecule has 4 heterocycles. The van der Waals surface area contributed by atoms with Crippen molar-refractivity contribution < 1.29 is 23.7 Å². The van der Waals surface area contributed by atoms with E-state index in [1.165, 1.54) is 0 Å². The van der Waals surface area contributed by atoms with Crippen molar-refractivity contribution in [1.29, 1.82) is 0 Å². The van der Waals surface area contributed by atoms with Gasteiger partial charge >= 0.3 is 0 Å². The van der Waals surface area contributed by atoms with Gasteiger partial charge in [-0.15, -0.1) is 0 Å². The summed E-state index contributed by atoms with van der Waals surface area (Å²) >= 11 is 0. The molecule has 0 fully saturated rings. The molecule has 31 heavy (non-hydrogen) atoms. The monoisotopic (exact) mass is 414 g/mol. The summed E-state index contributed by atoms with van der Waals surface area (Å²) in [5.74, 6) is 2.97. The van der Waals surface area contributed by atoms with Crippen molar-refractivity contribution in [3.63, 3.8) is 0 Å². The molecular weight excluding hydrogens is 396 g/mol. The molecule has 0 aliphatic carbocycles. The third-order valence-electron chi connectivity index (χ3n) is 5.49. The van der Waals surface area contributed by atoms with Gasteiger partial charge in [0.2, 0.25) is 12.6 Å². The number of carbonyl (C=O) groups is 1. The van der Waals surface area contributed by atoms with Crippen molar-refractivity contribution >= 4 is 11.9 Å². The molecule has 0 radical (unpaired) electrons. The van der Waals surface area contributed by atoms with E-state index in [1.807, 2.05) is 42.5 Å². The lowest BCUT2D eigenvalue weighted by atomic mass is 10.0. The Bertz CT molecular complexity index is 1220. The molecule has 1 aromatic heterocycles. The lowest BCUT2D eigenvalue weighted by Crippen LogP contribution is -2.31. The maximum atomic E-state index is 12.9. The minimum atomic E-state index is -0.142. The zero-order valence-electron chi connectivity index (χ0n) is 16.5. The number of pyridine rings is 1. The van der Waals surface area contributed by atoms with Gasteiger partial charge in [0.05, 0.1) is 16.8 Å². The Labute approximate surface area is 178 Å².